The summed E-state index contributed by atoms with van der Waals surface area (Å²) in [6.07, 6.45) is 0.376. The standard InChI is InChI=1S/C15H20FN3O4S/c1-10(14(20)17-8-11-2-4-12(16)5-3-11)18-15(21)19-13-6-7-24(22,23)9-13/h2-5,10,13H,6-9H2,1H3,(H,17,20)(H2,18,19,21)/t10-,13?/m0/s1. The number of carbonyl (C=O) groups is 2. The van der Waals surface area contributed by atoms with E-state index in [0.717, 1.165) is 5.56 Å². The number of urea groups is 1. The van der Waals surface area contributed by atoms with Crippen molar-refractivity contribution >= 4 is 21.8 Å². The van der Waals surface area contributed by atoms with Crippen molar-refractivity contribution in [2.75, 3.05) is 11.5 Å². The lowest BCUT2D eigenvalue weighted by molar-refractivity contribution is -0.122. The Hall–Kier alpha value is -2.16. The molecular weight excluding hydrogens is 337 g/mol. The van der Waals surface area contributed by atoms with Gasteiger partial charge in [-0.1, -0.05) is 12.1 Å². The Morgan fingerprint density at radius 1 is 1.29 bits per heavy atom. The Morgan fingerprint density at radius 2 is 1.96 bits per heavy atom. The molecule has 2 rings (SSSR count). The number of carbonyl (C=O) groups excluding carboxylic acids is 2. The van der Waals surface area contributed by atoms with Crippen LogP contribution in [0.3, 0.4) is 0 Å². The van der Waals surface area contributed by atoms with Crippen molar-refractivity contribution in [2.24, 2.45) is 0 Å². The van der Waals surface area contributed by atoms with Crippen LogP contribution in [0, 0.1) is 5.82 Å². The van der Waals surface area contributed by atoms with E-state index in [-0.39, 0.29) is 23.9 Å². The molecule has 1 aliphatic heterocycles. The van der Waals surface area contributed by atoms with Gasteiger partial charge in [-0.25, -0.2) is 17.6 Å². The van der Waals surface area contributed by atoms with Crippen LogP contribution in [0.1, 0.15) is 18.9 Å². The van der Waals surface area contributed by atoms with Crippen molar-refractivity contribution in [3.63, 3.8) is 0 Å². The molecule has 24 heavy (non-hydrogen) atoms. The molecule has 0 spiro atoms. The first kappa shape index (κ1) is 18.2. The van der Waals surface area contributed by atoms with Gasteiger partial charge < -0.3 is 16.0 Å². The van der Waals surface area contributed by atoms with Gasteiger partial charge in [0.05, 0.1) is 11.5 Å². The van der Waals surface area contributed by atoms with E-state index in [1.807, 2.05) is 0 Å². The van der Waals surface area contributed by atoms with Gasteiger partial charge in [-0.3, -0.25) is 4.79 Å². The molecule has 9 heteroatoms. The number of hydrogen-bond acceptors (Lipinski definition) is 4. The van der Waals surface area contributed by atoms with E-state index in [1.54, 1.807) is 12.1 Å². The van der Waals surface area contributed by atoms with Crippen LogP contribution in [0.5, 0.6) is 0 Å². The molecule has 0 bridgehead atoms. The number of amides is 3. The fourth-order valence-corrected chi connectivity index (χ4v) is 4.02. The summed E-state index contributed by atoms with van der Waals surface area (Å²) in [7, 11) is -3.08. The smallest absolute Gasteiger partial charge is 0.315 e. The third-order valence-corrected chi connectivity index (χ3v) is 5.46. The summed E-state index contributed by atoms with van der Waals surface area (Å²) < 4.78 is 35.5. The summed E-state index contributed by atoms with van der Waals surface area (Å²) in [6.45, 7) is 1.73. The van der Waals surface area contributed by atoms with Crippen LogP contribution in [-0.2, 0) is 21.2 Å². The number of rotatable bonds is 5. The molecule has 1 unspecified atom stereocenters. The molecule has 3 amide bonds. The maximum Gasteiger partial charge on any atom is 0.315 e. The molecule has 7 nitrogen and oxygen atoms in total. The quantitative estimate of drug-likeness (QED) is 0.706. The highest BCUT2D eigenvalue weighted by molar-refractivity contribution is 7.91. The Kier molecular flexibility index (Phi) is 5.76. The maximum atomic E-state index is 12.8. The summed E-state index contributed by atoms with van der Waals surface area (Å²) in [5, 5.41) is 7.64. The van der Waals surface area contributed by atoms with E-state index in [9.17, 15) is 22.4 Å². The summed E-state index contributed by atoms with van der Waals surface area (Å²) in [4.78, 5) is 23.7. The molecular formula is C15H20FN3O4S. The van der Waals surface area contributed by atoms with Gasteiger partial charge in [-0.2, -0.15) is 0 Å². The predicted octanol–water partition coefficient (Wildman–Crippen LogP) is 0.317. The van der Waals surface area contributed by atoms with Gasteiger partial charge in [-0.05, 0) is 31.0 Å². The molecule has 1 aromatic carbocycles. The number of hydrogen-bond donors (Lipinski definition) is 3. The zero-order valence-corrected chi connectivity index (χ0v) is 14.0. The van der Waals surface area contributed by atoms with Crippen molar-refractivity contribution in [1.82, 2.24) is 16.0 Å². The van der Waals surface area contributed by atoms with Crippen LogP contribution in [-0.4, -0.2) is 43.9 Å². The van der Waals surface area contributed by atoms with Crippen LogP contribution in [0.25, 0.3) is 0 Å². The number of nitrogens with one attached hydrogen (secondary N) is 3. The van der Waals surface area contributed by atoms with Crippen molar-refractivity contribution in [2.45, 2.75) is 32.0 Å². The van der Waals surface area contributed by atoms with E-state index in [2.05, 4.69) is 16.0 Å². The highest BCUT2D eigenvalue weighted by atomic mass is 32.2. The largest absolute Gasteiger partial charge is 0.350 e. The summed E-state index contributed by atoms with van der Waals surface area (Å²) in [6, 6.07) is 3.91. The Bertz CT molecular complexity index is 706. The number of benzene rings is 1. The lowest BCUT2D eigenvalue weighted by atomic mass is 10.2. The summed E-state index contributed by atoms with van der Waals surface area (Å²) in [5.74, 6) is -0.767. The van der Waals surface area contributed by atoms with Crippen LogP contribution in [0.15, 0.2) is 24.3 Å². The van der Waals surface area contributed by atoms with Gasteiger partial charge >= 0.3 is 6.03 Å². The fraction of sp³-hybridized carbons (Fsp3) is 0.467. The van der Waals surface area contributed by atoms with Gasteiger partial charge in [-0.15, -0.1) is 0 Å². The van der Waals surface area contributed by atoms with E-state index < -0.39 is 33.9 Å². The van der Waals surface area contributed by atoms with Crippen molar-refractivity contribution in [3.05, 3.63) is 35.6 Å². The molecule has 3 N–H and O–H groups in total. The SMILES string of the molecule is C[C@H](NC(=O)NC1CCS(=O)(=O)C1)C(=O)NCc1ccc(F)cc1. The van der Waals surface area contributed by atoms with E-state index in [4.69, 9.17) is 0 Å². The number of halogens is 1. The first-order chi connectivity index (χ1) is 11.2. The Morgan fingerprint density at radius 3 is 2.54 bits per heavy atom. The second-order valence-corrected chi connectivity index (χ2v) is 8.01. The summed E-state index contributed by atoms with van der Waals surface area (Å²) >= 11 is 0. The predicted molar refractivity (Wildman–Crippen MR) is 86.4 cm³/mol. The zero-order valence-electron chi connectivity index (χ0n) is 13.2. The molecule has 1 aliphatic rings. The third-order valence-electron chi connectivity index (χ3n) is 3.69. The van der Waals surface area contributed by atoms with E-state index >= 15 is 0 Å². The van der Waals surface area contributed by atoms with Crippen molar-refractivity contribution in [1.29, 1.82) is 0 Å². The average Bonchev–Trinajstić information content (AvgIpc) is 2.84. The molecule has 1 saturated heterocycles. The lowest BCUT2D eigenvalue weighted by Gasteiger charge is -2.17. The van der Waals surface area contributed by atoms with E-state index in [1.165, 1.54) is 19.1 Å². The molecule has 2 atom stereocenters. The van der Waals surface area contributed by atoms with Gasteiger partial charge in [0.25, 0.3) is 0 Å². The van der Waals surface area contributed by atoms with Gasteiger partial charge in [0.2, 0.25) is 5.91 Å². The average molecular weight is 357 g/mol. The molecule has 132 valence electrons. The minimum Gasteiger partial charge on any atom is -0.350 e. The second kappa shape index (κ2) is 7.61. The van der Waals surface area contributed by atoms with Crippen molar-refractivity contribution < 1.29 is 22.4 Å². The molecule has 1 aromatic rings. The van der Waals surface area contributed by atoms with Crippen LogP contribution < -0.4 is 16.0 Å². The molecule has 0 saturated carbocycles. The van der Waals surface area contributed by atoms with Gasteiger partial charge in [0.1, 0.15) is 11.9 Å². The second-order valence-electron chi connectivity index (χ2n) is 5.78. The zero-order chi connectivity index (χ0) is 17.7. The molecule has 0 radical (unpaired) electrons. The van der Waals surface area contributed by atoms with Crippen LogP contribution >= 0.6 is 0 Å². The van der Waals surface area contributed by atoms with E-state index in [0.29, 0.717) is 6.42 Å². The molecule has 0 aliphatic carbocycles. The lowest BCUT2D eigenvalue weighted by Crippen LogP contribution is -2.50. The topological polar surface area (TPSA) is 104 Å². The molecule has 1 heterocycles. The minimum absolute atomic E-state index is 0.0612. The first-order valence-corrected chi connectivity index (χ1v) is 9.37. The first-order valence-electron chi connectivity index (χ1n) is 7.55. The fourth-order valence-electron chi connectivity index (χ4n) is 2.34. The monoisotopic (exact) mass is 357 g/mol. The third kappa shape index (κ3) is 5.48. The van der Waals surface area contributed by atoms with Crippen molar-refractivity contribution in [3.8, 4) is 0 Å². The van der Waals surface area contributed by atoms with Crippen LogP contribution in [0.2, 0.25) is 0 Å². The normalized spacial score (nSPS) is 20.2. The minimum atomic E-state index is -3.08. The highest BCUT2D eigenvalue weighted by Crippen LogP contribution is 2.10. The van der Waals surface area contributed by atoms with Gasteiger partial charge in [0.15, 0.2) is 9.84 Å². The number of sulfone groups is 1. The van der Waals surface area contributed by atoms with Crippen LogP contribution in [0.4, 0.5) is 9.18 Å². The molecule has 0 aromatic heterocycles. The Labute approximate surface area is 139 Å². The summed E-state index contributed by atoms with van der Waals surface area (Å²) in [5.41, 5.74) is 0.734. The highest BCUT2D eigenvalue weighted by Gasteiger charge is 2.29. The Balaban J connectivity index is 1.74. The maximum absolute atomic E-state index is 12.8. The van der Waals surface area contributed by atoms with Gasteiger partial charge in [0, 0.05) is 12.6 Å². The molecule has 1 fully saturated rings.